The molecule has 3 heteroatoms. The highest BCUT2D eigenvalue weighted by molar-refractivity contribution is 5.06. The van der Waals surface area contributed by atoms with E-state index in [1.54, 1.807) is 0 Å². The number of nitrogens with one attached hydrogen (secondary N) is 1. The molecule has 4 atom stereocenters. The van der Waals surface area contributed by atoms with Crippen LogP contribution in [0, 0.1) is 11.3 Å². The lowest BCUT2D eigenvalue weighted by atomic mass is 9.63. The van der Waals surface area contributed by atoms with E-state index in [0.29, 0.717) is 35.6 Å². The van der Waals surface area contributed by atoms with Gasteiger partial charge < -0.3 is 10.1 Å². The molecule has 0 bridgehead atoms. The molecule has 0 aromatic rings. The summed E-state index contributed by atoms with van der Waals surface area (Å²) in [5, 5.41) is 3.68. The molecule has 0 spiro atoms. The van der Waals surface area contributed by atoms with Crippen LogP contribution in [0.4, 0.5) is 0 Å². The highest BCUT2D eigenvalue weighted by Crippen LogP contribution is 2.46. The van der Waals surface area contributed by atoms with E-state index in [-0.39, 0.29) is 0 Å². The molecule has 18 heavy (non-hydrogen) atoms. The van der Waals surface area contributed by atoms with Crippen molar-refractivity contribution in [3.8, 4) is 0 Å². The first-order valence-electron chi connectivity index (χ1n) is 7.39. The molecule has 106 valence electrons. The van der Waals surface area contributed by atoms with Gasteiger partial charge in [-0.15, -0.1) is 0 Å². The molecule has 1 saturated heterocycles. The molecule has 1 aliphatic heterocycles. The lowest BCUT2D eigenvalue weighted by molar-refractivity contribution is -0.152. The van der Waals surface area contributed by atoms with Gasteiger partial charge in [-0.3, -0.25) is 4.90 Å². The van der Waals surface area contributed by atoms with Crippen LogP contribution in [-0.2, 0) is 4.74 Å². The summed E-state index contributed by atoms with van der Waals surface area (Å²) in [6.45, 7) is 14.0. The molecule has 4 unspecified atom stereocenters. The van der Waals surface area contributed by atoms with Gasteiger partial charge in [-0.1, -0.05) is 27.7 Å². The van der Waals surface area contributed by atoms with Gasteiger partial charge in [0.25, 0.3) is 0 Å². The zero-order valence-corrected chi connectivity index (χ0v) is 12.9. The zero-order valence-electron chi connectivity index (χ0n) is 12.9. The minimum atomic E-state index is 0.294. The van der Waals surface area contributed by atoms with Crippen LogP contribution in [-0.4, -0.2) is 49.3 Å². The quantitative estimate of drug-likeness (QED) is 0.835. The number of rotatable bonds is 3. The maximum atomic E-state index is 5.59. The minimum absolute atomic E-state index is 0.294. The van der Waals surface area contributed by atoms with E-state index in [0.717, 1.165) is 6.54 Å². The zero-order chi connectivity index (χ0) is 13.5. The second-order valence-electron chi connectivity index (χ2n) is 7.10. The predicted octanol–water partition coefficient (Wildman–Crippen LogP) is 2.12. The maximum absolute atomic E-state index is 5.59. The summed E-state index contributed by atoms with van der Waals surface area (Å²) in [6, 6.07) is 1.96. The van der Waals surface area contributed by atoms with E-state index in [4.69, 9.17) is 4.74 Å². The third-order valence-electron chi connectivity index (χ3n) is 5.26. The van der Waals surface area contributed by atoms with Crippen LogP contribution in [0.2, 0.25) is 0 Å². The van der Waals surface area contributed by atoms with Crippen molar-refractivity contribution in [1.29, 1.82) is 0 Å². The summed E-state index contributed by atoms with van der Waals surface area (Å²) in [4.78, 5) is 2.72. The van der Waals surface area contributed by atoms with E-state index in [1.165, 1.54) is 13.0 Å². The molecular weight excluding hydrogens is 224 g/mol. The van der Waals surface area contributed by atoms with Crippen LogP contribution in [0.1, 0.15) is 41.0 Å². The van der Waals surface area contributed by atoms with Gasteiger partial charge in [-0.05, 0) is 19.3 Å². The van der Waals surface area contributed by atoms with Gasteiger partial charge in [-0.2, -0.15) is 0 Å². The summed E-state index contributed by atoms with van der Waals surface area (Å²) >= 11 is 0. The van der Waals surface area contributed by atoms with Crippen molar-refractivity contribution < 1.29 is 4.74 Å². The van der Waals surface area contributed by atoms with E-state index in [9.17, 15) is 0 Å². The maximum Gasteiger partial charge on any atom is 0.0652 e. The second kappa shape index (κ2) is 5.10. The predicted molar refractivity (Wildman–Crippen MR) is 75.8 cm³/mol. The Bertz CT molecular complexity index is 290. The van der Waals surface area contributed by atoms with Crippen molar-refractivity contribution in [2.24, 2.45) is 11.3 Å². The largest absolute Gasteiger partial charge is 0.381 e. The van der Waals surface area contributed by atoms with E-state index < -0.39 is 0 Å². The Morgan fingerprint density at radius 1 is 1.33 bits per heavy atom. The van der Waals surface area contributed by atoms with E-state index >= 15 is 0 Å². The Morgan fingerprint density at radius 3 is 2.50 bits per heavy atom. The lowest BCUT2D eigenvalue weighted by Gasteiger charge is -2.59. The molecule has 0 amide bonds. The van der Waals surface area contributed by atoms with E-state index in [2.05, 4.69) is 44.8 Å². The Labute approximate surface area is 112 Å². The molecule has 2 rings (SSSR count). The van der Waals surface area contributed by atoms with Crippen LogP contribution in [0.25, 0.3) is 0 Å². The number of ether oxygens (including phenoxy) is 1. The van der Waals surface area contributed by atoms with Crippen molar-refractivity contribution in [2.75, 3.05) is 20.2 Å². The Balaban J connectivity index is 2.03. The molecule has 1 saturated carbocycles. The van der Waals surface area contributed by atoms with Crippen molar-refractivity contribution in [1.82, 2.24) is 10.2 Å². The molecule has 0 radical (unpaired) electrons. The summed E-state index contributed by atoms with van der Waals surface area (Å²) < 4.78 is 5.59. The van der Waals surface area contributed by atoms with Crippen LogP contribution < -0.4 is 5.32 Å². The van der Waals surface area contributed by atoms with Gasteiger partial charge in [0.05, 0.1) is 6.10 Å². The molecule has 1 heterocycles. The van der Waals surface area contributed by atoms with Crippen LogP contribution in [0.3, 0.4) is 0 Å². The van der Waals surface area contributed by atoms with E-state index in [1.807, 2.05) is 7.11 Å². The monoisotopic (exact) mass is 254 g/mol. The number of hydrogen-bond acceptors (Lipinski definition) is 3. The minimum Gasteiger partial charge on any atom is -0.381 e. The second-order valence-corrected chi connectivity index (χ2v) is 7.10. The molecule has 0 aromatic carbocycles. The highest BCUT2D eigenvalue weighted by atomic mass is 16.5. The molecule has 2 fully saturated rings. The normalized spacial score (nSPS) is 40.8. The Hall–Kier alpha value is -0.120. The molecular formula is C15H30N2O. The molecule has 1 N–H and O–H groups in total. The van der Waals surface area contributed by atoms with Crippen LogP contribution in [0.15, 0.2) is 0 Å². The summed E-state index contributed by atoms with van der Waals surface area (Å²) in [5.74, 6) is 0.710. The topological polar surface area (TPSA) is 24.5 Å². The molecule has 2 aliphatic rings. The fourth-order valence-corrected chi connectivity index (χ4v) is 3.62. The van der Waals surface area contributed by atoms with Crippen molar-refractivity contribution in [3.05, 3.63) is 0 Å². The fourth-order valence-electron chi connectivity index (χ4n) is 3.62. The summed E-state index contributed by atoms with van der Waals surface area (Å²) in [5.41, 5.74) is 0.294. The Kier molecular flexibility index (Phi) is 4.05. The number of nitrogens with zero attached hydrogens (tertiary/aromatic N) is 1. The van der Waals surface area contributed by atoms with Gasteiger partial charge in [0.15, 0.2) is 0 Å². The van der Waals surface area contributed by atoms with Gasteiger partial charge in [0, 0.05) is 43.7 Å². The lowest BCUT2D eigenvalue weighted by Crippen LogP contribution is -2.69. The van der Waals surface area contributed by atoms with Gasteiger partial charge in [-0.25, -0.2) is 0 Å². The molecule has 3 nitrogen and oxygen atoms in total. The van der Waals surface area contributed by atoms with Crippen LogP contribution in [0.5, 0.6) is 0 Å². The highest BCUT2D eigenvalue weighted by Gasteiger charge is 2.52. The van der Waals surface area contributed by atoms with Gasteiger partial charge in [0.1, 0.15) is 0 Å². The average Bonchev–Trinajstić information content (AvgIpc) is 2.30. The third-order valence-corrected chi connectivity index (χ3v) is 5.26. The van der Waals surface area contributed by atoms with Crippen LogP contribution >= 0.6 is 0 Å². The third kappa shape index (κ3) is 2.33. The van der Waals surface area contributed by atoms with Crippen molar-refractivity contribution in [2.45, 2.75) is 65.3 Å². The average molecular weight is 254 g/mol. The van der Waals surface area contributed by atoms with Gasteiger partial charge in [0.2, 0.25) is 0 Å². The van der Waals surface area contributed by atoms with Crippen molar-refractivity contribution in [3.63, 3.8) is 0 Å². The number of piperazine rings is 1. The smallest absolute Gasteiger partial charge is 0.0652 e. The summed E-state index contributed by atoms with van der Waals surface area (Å²) in [7, 11) is 1.85. The first-order chi connectivity index (χ1) is 8.37. The number of hydrogen-bond donors (Lipinski definition) is 1. The number of methoxy groups -OCH3 is 1. The van der Waals surface area contributed by atoms with Crippen molar-refractivity contribution >= 4 is 0 Å². The molecule has 0 aromatic heterocycles. The fraction of sp³-hybridized carbons (Fsp3) is 1.00. The van der Waals surface area contributed by atoms with Gasteiger partial charge >= 0.3 is 0 Å². The SMILES string of the molecule is COC1CC(N2CC(C(C)C)NCC2C)C1(C)C. The summed E-state index contributed by atoms with van der Waals surface area (Å²) in [6.07, 6.45) is 1.63. The first-order valence-corrected chi connectivity index (χ1v) is 7.39. The first kappa shape index (κ1) is 14.3. The standard InChI is InChI=1S/C15H30N2O/c1-10(2)12-9-17(11(3)8-16-12)13-7-14(18-6)15(13,4)5/h10-14,16H,7-9H2,1-6H3. The Morgan fingerprint density at radius 2 is 2.00 bits per heavy atom. The molecule has 1 aliphatic carbocycles.